The van der Waals surface area contributed by atoms with Crippen LogP contribution in [-0.2, 0) is 9.59 Å². The average molecular weight is 238 g/mol. The first kappa shape index (κ1) is 11.4. The first-order valence-electron chi connectivity index (χ1n) is 5.07. The number of nitrogens with zero attached hydrogens (tertiary/aromatic N) is 1. The lowest BCUT2D eigenvalue weighted by Crippen LogP contribution is -2.25. The molecule has 1 saturated heterocycles. The zero-order chi connectivity index (χ0) is 12.6. The number of aliphatic carboxylic acids is 1. The summed E-state index contributed by atoms with van der Waals surface area (Å²) in [7, 11) is 0. The van der Waals surface area contributed by atoms with Gasteiger partial charge in [-0.25, -0.2) is 4.39 Å². The molecule has 6 heteroatoms. The Morgan fingerprint density at radius 3 is 2.76 bits per heavy atom. The van der Waals surface area contributed by atoms with Crippen LogP contribution in [0.3, 0.4) is 0 Å². The third kappa shape index (κ3) is 2.06. The van der Waals surface area contributed by atoms with Gasteiger partial charge in [0, 0.05) is 18.7 Å². The van der Waals surface area contributed by atoms with Gasteiger partial charge in [0.25, 0.3) is 0 Å². The van der Waals surface area contributed by atoms with Crippen LogP contribution in [0, 0.1) is 11.7 Å². The maximum absolute atomic E-state index is 13.0. The fraction of sp³-hybridized carbons (Fsp3) is 0.273. The van der Waals surface area contributed by atoms with Crippen LogP contribution in [0.15, 0.2) is 18.2 Å². The standard InChI is InChI=1S/C11H11FN2O3/c12-8-2-1-7(4-9(8)13)14-5-6(11(16)17)3-10(14)15/h1-2,4,6H,3,5,13H2,(H,16,17). The number of nitrogens with two attached hydrogens (primary N) is 1. The van der Waals surface area contributed by atoms with Crippen LogP contribution in [0.25, 0.3) is 0 Å². The van der Waals surface area contributed by atoms with E-state index in [4.69, 9.17) is 10.8 Å². The summed E-state index contributed by atoms with van der Waals surface area (Å²) in [5.74, 6) is -2.57. The molecule has 17 heavy (non-hydrogen) atoms. The van der Waals surface area contributed by atoms with Crippen molar-refractivity contribution in [3.8, 4) is 0 Å². The molecule has 1 heterocycles. The lowest BCUT2D eigenvalue weighted by molar-refractivity contribution is -0.141. The van der Waals surface area contributed by atoms with Gasteiger partial charge in [-0.1, -0.05) is 0 Å². The minimum Gasteiger partial charge on any atom is -0.481 e. The molecule has 1 aliphatic heterocycles. The Balaban J connectivity index is 2.26. The van der Waals surface area contributed by atoms with E-state index in [-0.39, 0.29) is 24.6 Å². The molecule has 1 unspecified atom stereocenters. The molecule has 1 aromatic rings. The second-order valence-electron chi connectivity index (χ2n) is 3.95. The van der Waals surface area contributed by atoms with Gasteiger partial charge < -0.3 is 15.7 Å². The van der Waals surface area contributed by atoms with Gasteiger partial charge in [-0.05, 0) is 18.2 Å². The van der Waals surface area contributed by atoms with Crippen molar-refractivity contribution in [1.29, 1.82) is 0 Å². The zero-order valence-corrected chi connectivity index (χ0v) is 8.89. The van der Waals surface area contributed by atoms with Crippen LogP contribution in [0.2, 0.25) is 0 Å². The fourth-order valence-corrected chi connectivity index (χ4v) is 1.82. The predicted octanol–water partition coefficient (Wildman–Crippen LogP) is 0.845. The van der Waals surface area contributed by atoms with Gasteiger partial charge in [0.05, 0.1) is 11.6 Å². The molecule has 0 spiro atoms. The summed E-state index contributed by atoms with van der Waals surface area (Å²) >= 11 is 0. The highest BCUT2D eigenvalue weighted by Crippen LogP contribution is 2.27. The number of amides is 1. The first-order chi connectivity index (χ1) is 7.99. The summed E-state index contributed by atoms with van der Waals surface area (Å²) < 4.78 is 13.0. The molecule has 0 aromatic heterocycles. The third-order valence-corrected chi connectivity index (χ3v) is 2.77. The zero-order valence-electron chi connectivity index (χ0n) is 8.89. The van der Waals surface area contributed by atoms with Crippen molar-refractivity contribution >= 4 is 23.3 Å². The van der Waals surface area contributed by atoms with Crippen molar-refractivity contribution in [2.45, 2.75) is 6.42 Å². The van der Waals surface area contributed by atoms with E-state index in [2.05, 4.69) is 0 Å². The Bertz CT molecular complexity index is 490. The van der Waals surface area contributed by atoms with Gasteiger partial charge in [-0.2, -0.15) is 0 Å². The maximum Gasteiger partial charge on any atom is 0.308 e. The Morgan fingerprint density at radius 2 is 2.24 bits per heavy atom. The molecule has 1 amide bonds. The van der Waals surface area contributed by atoms with E-state index in [1.165, 1.54) is 17.0 Å². The number of hydrogen-bond donors (Lipinski definition) is 2. The Morgan fingerprint density at radius 1 is 1.53 bits per heavy atom. The summed E-state index contributed by atoms with van der Waals surface area (Å²) in [6.45, 7) is 0.0965. The van der Waals surface area contributed by atoms with E-state index in [9.17, 15) is 14.0 Å². The molecule has 0 radical (unpaired) electrons. The quantitative estimate of drug-likeness (QED) is 0.748. The first-order valence-corrected chi connectivity index (χ1v) is 5.07. The highest BCUT2D eigenvalue weighted by atomic mass is 19.1. The lowest BCUT2D eigenvalue weighted by atomic mass is 10.1. The molecule has 1 atom stereocenters. The Labute approximate surface area is 96.6 Å². The largest absolute Gasteiger partial charge is 0.481 e. The number of rotatable bonds is 2. The van der Waals surface area contributed by atoms with Crippen LogP contribution >= 0.6 is 0 Å². The monoisotopic (exact) mass is 238 g/mol. The molecule has 1 fully saturated rings. The van der Waals surface area contributed by atoms with E-state index in [0.717, 1.165) is 6.07 Å². The van der Waals surface area contributed by atoms with Crippen LogP contribution in [0.4, 0.5) is 15.8 Å². The highest BCUT2D eigenvalue weighted by molar-refractivity contribution is 5.99. The Hall–Kier alpha value is -2.11. The van der Waals surface area contributed by atoms with Crippen molar-refractivity contribution in [3.63, 3.8) is 0 Å². The van der Waals surface area contributed by atoms with Crippen molar-refractivity contribution in [2.24, 2.45) is 5.92 Å². The number of nitrogen functional groups attached to an aromatic ring is 1. The molecule has 3 N–H and O–H groups in total. The molecule has 0 saturated carbocycles. The highest BCUT2D eigenvalue weighted by Gasteiger charge is 2.35. The lowest BCUT2D eigenvalue weighted by Gasteiger charge is -2.16. The molecule has 5 nitrogen and oxygen atoms in total. The van der Waals surface area contributed by atoms with Gasteiger partial charge in [-0.3, -0.25) is 9.59 Å². The van der Waals surface area contributed by atoms with Crippen molar-refractivity contribution in [1.82, 2.24) is 0 Å². The van der Waals surface area contributed by atoms with E-state index < -0.39 is 17.7 Å². The Kier molecular flexibility index (Phi) is 2.71. The van der Waals surface area contributed by atoms with Gasteiger partial charge in [0.15, 0.2) is 0 Å². The van der Waals surface area contributed by atoms with Crippen molar-refractivity contribution in [2.75, 3.05) is 17.2 Å². The molecule has 1 aliphatic rings. The second-order valence-corrected chi connectivity index (χ2v) is 3.95. The summed E-state index contributed by atoms with van der Waals surface area (Å²) in [5.41, 5.74) is 5.77. The normalized spacial score (nSPS) is 19.7. The molecular formula is C11H11FN2O3. The number of carboxylic acid groups (broad SMARTS) is 1. The minimum atomic E-state index is -1.00. The number of carboxylic acids is 1. The van der Waals surface area contributed by atoms with Gasteiger partial charge in [0.2, 0.25) is 5.91 Å². The SMILES string of the molecule is Nc1cc(N2CC(C(=O)O)CC2=O)ccc1F. The minimum absolute atomic E-state index is 0.0351. The average Bonchev–Trinajstić information content (AvgIpc) is 2.65. The summed E-state index contributed by atoms with van der Waals surface area (Å²) in [4.78, 5) is 23.7. The van der Waals surface area contributed by atoms with Crippen LogP contribution in [0.1, 0.15) is 6.42 Å². The van der Waals surface area contributed by atoms with Gasteiger partial charge in [0.1, 0.15) is 5.82 Å². The van der Waals surface area contributed by atoms with Crippen molar-refractivity contribution in [3.05, 3.63) is 24.0 Å². The number of carbonyl (C=O) groups is 2. The van der Waals surface area contributed by atoms with Gasteiger partial charge >= 0.3 is 5.97 Å². The topological polar surface area (TPSA) is 83.6 Å². The number of halogens is 1. The van der Waals surface area contributed by atoms with E-state index >= 15 is 0 Å². The molecule has 90 valence electrons. The summed E-state index contributed by atoms with van der Waals surface area (Å²) in [5, 5.41) is 8.83. The fourth-order valence-electron chi connectivity index (χ4n) is 1.82. The number of benzene rings is 1. The summed E-state index contributed by atoms with van der Waals surface area (Å²) in [6, 6.07) is 3.90. The van der Waals surface area contributed by atoms with Crippen LogP contribution in [-0.4, -0.2) is 23.5 Å². The van der Waals surface area contributed by atoms with Gasteiger partial charge in [-0.15, -0.1) is 0 Å². The number of carbonyl (C=O) groups excluding carboxylic acids is 1. The molecule has 1 aromatic carbocycles. The molecule has 0 bridgehead atoms. The van der Waals surface area contributed by atoms with Crippen LogP contribution in [0.5, 0.6) is 0 Å². The number of hydrogen-bond acceptors (Lipinski definition) is 3. The summed E-state index contributed by atoms with van der Waals surface area (Å²) in [6.07, 6.45) is -0.0351. The molecule has 0 aliphatic carbocycles. The van der Waals surface area contributed by atoms with Crippen molar-refractivity contribution < 1.29 is 19.1 Å². The molecule has 2 rings (SSSR count). The van der Waals surface area contributed by atoms with Crippen LogP contribution < -0.4 is 10.6 Å². The maximum atomic E-state index is 13.0. The predicted molar refractivity (Wildman–Crippen MR) is 58.9 cm³/mol. The smallest absolute Gasteiger partial charge is 0.308 e. The third-order valence-electron chi connectivity index (χ3n) is 2.77. The second kappa shape index (κ2) is 4.04. The molecular weight excluding hydrogens is 227 g/mol. The van der Waals surface area contributed by atoms with E-state index in [1.54, 1.807) is 0 Å². The number of anilines is 2. The van der Waals surface area contributed by atoms with E-state index in [0.29, 0.717) is 5.69 Å². The van der Waals surface area contributed by atoms with E-state index in [1.807, 2.05) is 0 Å².